The summed E-state index contributed by atoms with van der Waals surface area (Å²) in [4.78, 5) is 20.8. The molecule has 0 aromatic rings. The summed E-state index contributed by atoms with van der Waals surface area (Å²) in [5, 5.41) is 17.0. The molecular weight excluding hydrogens is 180 g/mol. The monoisotopic (exact) mass is 192 g/mol. The molecule has 0 saturated carbocycles. The summed E-state index contributed by atoms with van der Waals surface area (Å²) in [7, 11) is 2.30. The van der Waals surface area contributed by atoms with Gasteiger partial charge in [0.05, 0.1) is 6.42 Å². The Morgan fingerprint density at radius 1 is 1.23 bits per heavy atom. The summed E-state index contributed by atoms with van der Waals surface area (Å²) >= 11 is 0. The standard InChI is InChI=1S/C7H12O6/c1-12-7(13-2,6(10)11)4-3-5(8)9/h3-4H2,1-2H3,(H,8,9)(H,10,11). The van der Waals surface area contributed by atoms with Crippen molar-refractivity contribution >= 4 is 11.9 Å². The van der Waals surface area contributed by atoms with Crippen molar-refractivity contribution in [1.29, 1.82) is 0 Å². The van der Waals surface area contributed by atoms with Crippen molar-refractivity contribution in [2.24, 2.45) is 0 Å². The van der Waals surface area contributed by atoms with E-state index in [0.717, 1.165) is 14.2 Å². The van der Waals surface area contributed by atoms with E-state index in [4.69, 9.17) is 10.2 Å². The summed E-state index contributed by atoms with van der Waals surface area (Å²) in [6.45, 7) is 0. The van der Waals surface area contributed by atoms with Crippen molar-refractivity contribution < 1.29 is 29.3 Å². The van der Waals surface area contributed by atoms with Crippen LogP contribution in [0.2, 0.25) is 0 Å². The van der Waals surface area contributed by atoms with Crippen LogP contribution in [0.1, 0.15) is 12.8 Å². The number of rotatable bonds is 6. The lowest BCUT2D eigenvalue weighted by atomic mass is 10.1. The molecule has 0 aromatic heterocycles. The first-order valence-corrected chi connectivity index (χ1v) is 3.54. The Kier molecular flexibility index (Phi) is 4.36. The van der Waals surface area contributed by atoms with Crippen LogP contribution in [0.5, 0.6) is 0 Å². The quantitative estimate of drug-likeness (QED) is 0.572. The van der Waals surface area contributed by atoms with Crippen LogP contribution < -0.4 is 0 Å². The molecule has 0 heterocycles. The molecule has 0 rings (SSSR count). The molecule has 0 fully saturated rings. The molecular formula is C7H12O6. The molecule has 2 N–H and O–H groups in total. The third kappa shape index (κ3) is 3.00. The Morgan fingerprint density at radius 3 is 1.92 bits per heavy atom. The fraction of sp³-hybridized carbons (Fsp3) is 0.714. The Balaban J connectivity index is 4.39. The van der Waals surface area contributed by atoms with E-state index in [1.807, 2.05) is 0 Å². The lowest BCUT2D eigenvalue weighted by molar-refractivity contribution is -0.228. The van der Waals surface area contributed by atoms with Gasteiger partial charge < -0.3 is 19.7 Å². The molecule has 6 heteroatoms. The van der Waals surface area contributed by atoms with E-state index >= 15 is 0 Å². The molecule has 13 heavy (non-hydrogen) atoms. The Hall–Kier alpha value is -1.14. The van der Waals surface area contributed by atoms with Crippen LogP contribution in [0, 0.1) is 0 Å². The minimum Gasteiger partial charge on any atom is -0.481 e. The van der Waals surface area contributed by atoms with Gasteiger partial charge in [0, 0.05) is 20.6 Å². The molecule has 0 amide bonds. The highest BCUT2D eigenvalue weighted by Gasteiger charge is 2.39. The first-order valence-electron chi connectivity index (χ1n) is 3.54. The fourth-order valence-corrected chi connectivity index (χ4v) is 0.841. The first kappa shape index (κ1) is 11.9. The molecule has 0 saturated heterocycles. The van der Waals surface area contributed by atoms with Gasteiger partial charge in [-0.15, -0.1) is 0 Å². The van der Waals surface area contributed by atoms with Crippen LogP contribution >= 0.6 is 0 Å². The van der Waals surface area contributed by atoms with E-state index < -0.39 is 17.7 Å². The summed E-state index contributed by atoms with van der Waals surface area (Å²) < 4.78 is 9.23. The van der Waals surface area contributed by atoms with Crippen LogP contribution in [-0.2, 0) is 19.1 Å². The number of ether oxygens (including phenoxy) is 2. The van der Waals surface area contributed by atoms with Crippen molar-refractivity contribution in [1.82, 2.24) is 0 Å². The highest BCUT2D eigenvalue weighted by atomic mass is 16.7. The minimum absolute atomic E-state index is 0.231. The summed E-state index contributed by atoms with van der Waals surface area (Å²) in [5.74, 6) is -4.28. The molecule has 76 valence electrons. The molecule has 0 spiro atoms. The number of methoxy groups -OCH3 is 2. The lowest BCUT2D eigenvalue weighted by Gasteiger charge is -2.24. The van der Waals surface area contributed by atoms with E-state index in [9.17, 15) is 9.59 Å². The van der Waals surface area contributed by atoms with E-state index in [0.29, 0.717) is 0 Å². The number of aliphatic carboxylic acids is 2. The van der Waals surface area contributed by atoms with Gasteiger partial charge in [-0.05, 0) is 0 Å². The maximum atomic E-state index is 10.7. The van der Waals surface area contributed by atoms with Crippen molar-refractivity contribution in [2.75, 3.05) is 14.2 Å². The minimum atomic E-state index is -1.85. The lowest BCUT2D eigenvalue weighted by Crippen LogP contribution is -2.43. The average Bonchev–Trinajstić information content (AvgIpc) is 2.06. The molecule has 0 radical (unpaired) electrons. The Bertz CT molecular complexity index is 195. The zero-order valence-electron chi connectivity index (χ0n) is 7.44. The van der Waals surface area contributed by atoms with Crippen LogP contribution in [-0.4, -0.2) is 42.2 Å². The van der Waals surface area contributed by atoms with Crippen molar-refractivity contribution in [2.45, 2.75) is 18.6 Å². The van der Waals surface area contributed by atoms with Gasteiger partial charge in [0.25, 0.3) is 5.79 Å². The normalized spacial score (nSPS) is 11.2. The van der Waals surface area contributed by atoms with Crippen LogP contribution in [0.4, 0.5) is 0 Å². The van der Waals surface area contributed by atoms with Gasteiger partial charge in [-0.3, -0.25) is 4.79 Å². The van der Waals surface area contributed by atoms with Gasteiger partial charge in [0.2, 0.25) is 0 Å². The number of carboxylic acids is 2. The van der Waals surface area contributed by atoms with Gasteiger partial charge in [-0.25, -0.2) is 4.79 Å². The van der Waals surface area contributed by atoms with Crippen molar-refractivity contribution in [3.05, 3.63) is 0 Å². The predicted molar refractivity (Wildman–Crippen MR) is 41.3 cm³/mol. The van der Waals surface area contributed by atoms with Gasteiger partial charge >= 0.3 is 11.9 Å². The number of hydrogen-bond donors (Lipinski definition) is 2. The third-order valence-electron chi connectivity index (χ3n) is 1.65. The van der Waals surface area contributed by atoms with Crippen molar-refractivity contribution in [3.8, 4) is 0 Å². The second kappa shape index (κ2) is 4.78. The van der Waals surface area contributed by atoms with Gasteiger partial charge in [-0.1, -0.05) is 0 Å². The van der Waals surface area contributed by atoms with Crippen LogP contribution in [0.25, 0.3) is 0 Å². The molecule has 0 unspecified atom stereocenters. The predicted octanol–water partition coefficient (Wildman–Crippen LogP) is -0.0751. The molecule has 0 atom stereocenters. The van der Waals surface area contributed by atoms with Gasteiger partial charge in [-0.2, -0.15) is 0 Å². The third-order valence-corrected chi connectivity index (χ3v) is 1.65. The highest BCUT2D eigenvalue weighted by Crippen LogP contribution is 2.18. The number of carbonyl (C=O) groups is 2. The molecule has 0 aliphatic carbocycles. The van der Waals surface area contributed by atoms with E-state index in [1.54, 1.807) is 0 Å². The summed E-state index contributed by atoms with van der Waals surface area (Å²) in [6.07, 6.45) is -0.557. The Labute approximate surface area is 75.1 Å². The SMILES string of the molecule is COC(CCC(=O)O)(OC)C(=O)O. The molecule has 0 aromatic carbocycles. The van der Waals surface area contributed by atoms with E-state index in [-0.39, 0.29) is 12.8 Å². The largest absolute Gasteiger partial charge is 0.481 e. The molecule has 6 nitrogen and oxygen atoms in total. The second-order valence-electron chi connectivity index (χ2n) is 2.36. The summed E-state index contributed by atoms with van der Waals surface area (Å²) in [5.41, 5.74) is 0. The van der Waals surface area contributed by atoms with E-state index in [2.05, 4.69) is 9.47 Å². The first-order chi connectivity index (χ1) is 5.98. The smallest absolute Gasteiger partial charge is 0.364 e. The molecule has 0 aliphatic rings. The van der Waals surface area contributed by atoms with Crippen LogP contribution in [0.3, 0.4) is 0 Å². The molecule has 0 bridgehead atoms. The highest BCUT2D eigenvalue weighted by molar-refractivity contribution is 5.77. The number of hydrogen-bond acceptors (Lipinski definition) is 4. The average molecular weight is 192 g/mol. The maximum Gasteiger partial charge on any atom is 0.364 e. The number of carboxylic acid groups (broad SMARTS) is 2. The maximum absolute atomic E-state index is 10.7. The van der Waals surface area contributed by atoms with E-state index in [1.165, 1.54) is 0 Å². The van der Waals surface area contributed by atoms with Crippen LogP contribution in [0.15, 0.2) is 0 Å². The second-order valence-corrected chi connectivity index (χ2v) is 2.36. The zero-order valence-corrected chi connectivity index (χ0v) is 7.44. The van der Waals surface area contributed by atoms with Gasteiger partial charge in [0.15, 0.2) is 0 Å². The summed E-state index contributed by atoms with van der Waals surface area (Å²) in [6, 6.07) is 0. The Morgan fingerprint density at radius 2 is 1.69 bits per heavy atom. The zero-order chi connectivity index (χ0) is 10.5. The topological polar surface area (TPSA) is 93.1 Å². The molecule has 0 aliphatic heterocycles. The van der Waals surface area contributed by atoms with Gasteiger partial charge in [0.1, 0.15) is 0 Å². The van der Waals surface area contributed by atoms with Crippen molar-refractivity contribution in [3.63, 3.8) is 0 Å². The fourth-order valence-electron chi connectivity index (χ4n) is 0.841.